The second-order valence-electron chi connectivity index (χ2n) is 9.37. The molecular formula is C22H35N3O4. The predicted octanol–water partition coefficient (Wildman–Crippen LogP) is 1.96. The van der Waals surface area contributed by atoms with Gasteiger partial charge in [0.25, 0.3) is 0 Å². The average molecular weight is 406 g/mol. The van der Waals surface area contributed by atoms with Crippen LogP contribution in [0.2, 0.25) is 0 Å². The fourth-order valence-corrected chi connectivity index (χ4v) is 4.36. The van der Waals surface area contributed by atoms with Crippen LogP contribution in [0.1, 0.15) is 46.5 Å². The number of terminal acetylenes is 1. The molecule has 1 aliphatic carbocycles. The van der Waals surface area contributed by atoms with E-state index in [1.54, 1.807) is 4.90 Å². The number of amides is 2. The molecule has 2 heterocycles. The van der Waals surface area contributed by atoms with Crippen molar-refractivity contribution >= 4 is 12.0 Å². The summed E-state index contributed by atoms with van der Waals surface area (Å²) in [6.07, 6.45) is 9.17. The zero-order valence-electron chi connectivity index (χ0n) is 18.1. The average Bonchev–Trinajstić information content (AvgIpc) is 2.65. The van der Waals surface area contributed by atoms with Gasteiger partial charge in [0.15, 0.2) is 0 Å². The first kappa shape index (κ1) is 21.9. The maximum Gasteiger partial charge on any atom is 0.410 e. The van der Waals surface area contributed by atoms with Gasteiger partial charge < -0.3 is 24.2 Å². The van der Waals surface area contributed by atoms with Crippen molar-refractivity contribution in [3.63, 3.8) is 0 Å². The van der Waals surface area contributed by atoms with Crippen LogP contribution in [0.25, 0.3) is 0 Å². The largest absolute Gasteiger partial charge is 0.444 e. The number of ether oxygens (including phenoxy) is 2. The maximum absolute atomic E-state index is 12.8. The first-order chi connectivity index (χ1) is 13.8. The molecule has 2 amide bonds. The fraction of sp³-hybridized carbons (Fsp3) is 0.818. The van der Waals surface area contributed by atoms with Gasteiger partial charge in [-0.2, -0.15) is 0 Å². The van der Waals surface area contributed by atoms with Crippen LogP contribution in [0.5, 0.6) is 0 Å². The van der Waals surface area contributed by atoms with Crippen molar-refractivity contribution in [1.82, 2.24) is 14.7 Å². The van der Waals surface area contributed by atoms with Gasteiger partial charge in [-0.25, -0.2) is 4.79 Å². The minimum Gasteiger partial charge on any atom is -0.444 e. The highest BCUT2D eigenvalue weighted by molar-refractivity contribution is 5.80. The Morgan fingerprint density at radius 3 is 2.14 bits per heavy atom. The second-order valence-corrected chi connectivity index (χ2v) is 9.37. The summed E-state index contributed by atoms with van der Waals surface area (Å²) in [5.41, 5.74) is -0.493. The van der Waals surface area contributed by atoms with Crippen molar-refractivity contribution in [2.45, 2.75) is 64.2 Å². The van der Waals surface area contributed by atoms with Crippen LogP contribution in [0, 0.1) is 18.3 Å². The number of hydrogen-bond donors (Lipinski definition) is 0. The molecule has 3 aliphatic rings. The summed E-state index contributed by atoms with van der Waals surface area (Å²) < 4.78 is 11.1. The van der Waals surface area contributed by atoms with E-state index in [0.717, 1.165) is 38.8 Å². The molecule has 0 aromatic rings. The topological polar surface area (TPSA) is 62.3 Å². The van der Waals surface area contributed by atoms with Crippen molar-refractivity contribution < 1.29 is 19.1 Å². The lowest BCUT2D eigenvalue weighted by atomic mass is 9.77. The highest BCUT2D eigenvalue weighted by Gasteiger charge is 2.41. The third-order valence-corrected chi connectivity index (χ3v) is 6.10. The van der Waals surface area contributed by atoms with E-state index in [-0.39, 0.29) is 24.0 Å². The van der Waals surface area contributed by atoms with Gasteiger partial charge in [0.2, 0.25) is 5.91 Å². The Morgan fingerprint density at radius 1 is 1.00 bits per heavy atom. The molecule has 0 aromatic heterocycles. The van der Waals surface area contributed by atoms with Crippen molar-refractivity contribution in [1.29, 1.82) is 0 Å². The molecule has 1 saturated carbocycles. The molecule has 0 bridgehead atoms. The SMILES string of the molecule is C#CCOC1CCN([C@H]2C[C@H](C(=O)N3CCN(C(=O)OC(C)(C)C)CC3)C2)CC1. The van der Waals surface area contributed by atoms with Crippen LogP contribution in [-0.2, 0) is 14.3 Å². The Balaban J connectivity index is 1.35. The van der Waals surface area contributed by atoms with Gasteiger partial charge in [0.1, 0.15) is 12.2 Å². The van der Waals surface area contributed by atoms with Gasteiger partial charge in [0, 0.05) is 51.2 Å². The number of nitrogens with zero attached hydrogens (tertiary/aromatic N) is 3. The number of hydrogen-bond acceptors (Lipinski definition) is 5. The van der Waals surface area contributed by atoms with E-state index in [2.05, 4.69) is 10.8 Å². The molecule has 3 rings (SSSR count). The summed E-state index contributed by atoms with van der Waals surface area (Å²) in [5, 5.41) is 0. The molecule has 2 saturated heterocycles. The highest BCUT2D eigenvalue weighted by atomic mass is 16.6. The minimum absolute atomic E-state index is 0.128. The van der Waals surface area contributed by atoms with Crippen LogP contribution in [0.3, 0.4) is 0 Å². The fourth-order valence-electron chi connectivity index (χ4n) is 4.36. The molecule has 0 unspecified atom stereocenters. The van der Waals surface area contributed by atoms with E-state index < -0.39 is 5.60 Å². The van der Waals surface area contributed by atoms with E-state index in [0.29, 0.717) is 38.8 Å². The summed E-state index contributed by atoms with van der Waals surface area (Å²) in [6.45, 7) is 10.3. The number of piperazine rings is 1. The molecule has 7 nitrogen and oxygen atoms in total. The number of piperidine rings is 1. The Bertz CT molecular complexity index is 617. The number of rotatable bonds is 4. The van der Waals surface area contributed by atoms with Gasteiger partial charge in [-0.3, -0.25) is 4.79 Å². The van der Waals surface area contributed by atoms with Gasteiger partial charge in [-0.1, -0.05) is 5.92 Å². The number of likely N-dealkylation sites (tertiary alicyclic amines) is 1. The number of carbonyl (C=O) groups excluding carboxylic acids is 2. The summed E-state index contributed by atoms with van der Waals surface area (Å²) in [4.78, 5) is 31.1. The minimum atomic E-state index is -0.493. The Hall–Kier alpha value is -1.78. The van der Waals surface area contributed by atoms with Crippen molar-refractivity contribution in [3.8, 4) is 12.3 Å². The van der Waals surface area contributed by atoms with Crippen molar-refractivity contribution in [2.75, 3.05) is 45.9 Å². The lowest BCUT2D eigenvalue weighted by Gasteiger charge is -2.46. The van der Waals surface area contributed by atoms with Gasteiger partial charge in [-0.15, -0.1) is 6.42 Å². The van der Waals surface area contributed by atoms with E-state index in [1.807, 2.05) is 25.7 Å². The first-order valence-corrected chi connectivity index (χ1v) is 10.8. The molecule has 7 heteroatoms. The third-order valence-electron chi connectivity index (χ3n) is 6.10. The van der Waals surface area contributed by atoms with Crippen LogP contribution < -0.4 is 0 Å². The summed E-state index contributed by atoms with van der Waals surface area (Å²) in [5.74, 6) is 2.91. The second kappa shape index (κ2) is 9.36. The van der Waals surface area contributed by atoms with Gasteiger partial charge in [-0.05, 0) is 46.5 Å². The smallest absolute Gasteiger partial charge is 0.410 e. The monoisotopic (exact) mass is 405 g/mol. The van der Waals surface area contributed by atoms with Crippen LogP contribution in [0.4, 0.5) is 4.79 Å². The van der Waals surface area contributed by atoms with Gasteiger partial charge in [0.05, 0.1) is 6.10 Å². The molecule has 0 N–H and O–H groups in total. The zero-order chi connectivity index (χ0) is 21.0. The predicted molar refractivity (Wildman–Crippen MR) is 110 cm³/mol. The van der Waals surface area contributed by atoms with Crippen molar-refractivity contribution in [3.05, 3.63) is 0 Å². The summed E-state index contributed by atoms with van der Waals surface area (Å²) in [6, 6.07) is 0.514. The zero-order valence-corrected chi connectivity index (χ0v) is 18.1. The molecular weight excluding hydrogens is 370 g/mol. The number of carbonyl (C=O) groups is 2. The standard InChI is InChI=1S/C22H35N3O4/c1-5-14-28-19-6-8-23(9-7-19)18-15-17(16-18)20(26)24-10-12-25(13-11-24)21(27)29-22(2,3)4/h1,17-19H,6-16H2,2-4H3/t17-,18-. The van der Waals surface area contributed by atoms with Crippen molar-refractivity contribution in [2.24, 2.45) is 5.92 Å². The highest BCUT2D eigenvalue weighted by Crippen LogP contribution is 2.35. The van der Waals surface area contributed by atoms with Gasteiger partial charge >= 0.3 is 6.09 Å². The quantitative estimate of drug-likeness (QED) is 0.669. The molecule has 0 radical (unpaired) electrons. The Labute approximate surface area is 174 Å². The van der Waals surface area contributed by atoms with Crippen LogP contribution in [-0.4, -0.2) is 90.3 Å². The summed E-state index contributed by atoms with van der Waals surface area (Å²) in [7, 11) is 0. The third kappa shape index (κ3) is 5.86. The normalized spacial score (nSPS) is 26.6. The van der Waals surface area contributed by atoms with Crippen LogP contribution in [0.15, 0.2) is 0 Å². The lowest BCUT2D eigenvalue weighted by molar-refractivity contribution is -0.143. The molecule has 3 fully saturated rings. The maximum atomic E-state index is 12.8. The Morgan fingerprint density at radius 2 is 1.59 bits per heavy atom. The molecule has 0 spiro atoms. The molecule has 0 atom stereocenters. The molecule has 2 aliphatic heterocycles. The first-order valence-electron chi connectivity index (χ1n) is 10.8. The van der Waals surface area contributed by atoms with E-state index in [4.69, 9.17) is 15.9 Å². The molecule has 29 heavy (non-hydrogen) atoms. The Kier molecular flexibility index (Phi) is 7.07. The molecule has 0 aromatic carbocycles. The molecule has 162 valence electrons. The van der Waals surface area contributed by atoms with Crippen LogP contribution >= 0.6 is 0 Å². The summed E-state index contributed by atoms with van der Waals surface area (Å²) >= 11 is 0. The van der Waals surface area contributed by atoms with E-state index >= 15 is 0 Å². The van der Waals surface area contributed by atoms with E-state index in [9.17, 15) is 9.59 Å². The van der Waals surface area contributed by atoms with E-state index in [1.165, 1.54) is 0 Å². The lowest BCUT2D eigenvalue weighted by Crippen LogP contribution is -2.56.